The van der Waals surface area contributed by atoms with Crippen molar-refractivity contribution in [2.75, 3.05) is 26.3 Å². The number of nitrogens with one attached hydrogen (secondary N) is 2. The Morgan fingerprint density at radius 2 is 2.00 bits per heavy atom. The van der Waals surface area contributed by atoms with Crippen LogP contribution in [0.5, 0.6) is 0 Å². The molecule has 0 aliphatic carbocycles. The maximum atomic E-state index is 12.5. The first-order valence-electron chi connectivity index (χ1n) is 8.55. The molecule has 0 aromatic heterocycles. The smallest absolute Gasteiger partial charge is 0.237 e. The minimum Gasteiger partial charge on any atom is -0.381 e. The van der Waals surface area contributed by atoms with E-state index in [0.29, 0.717) is 6.54 Å². The molecule has 2 fully saturated rings. The SMILES string of the molecule is O=C(NCC1(c2ccc(Br)cc2)CCOCC1)C1CCCCN1. The number of ether oxygens (including phenoxy) is 1. The normalized spacial score (nSPS) is 24.1. The Bertz CT molecular complexity index is 520. The van der Waals surface area contributed by atoms with E-state index in [-0.39, 0.29) is 17.4 Å². The molecule has 2 aliphatic heterocycles. The molecule has 5 heteroatoms. The summed E-state index contributed by atoms with van der Waals surface area (Å²) in [6.07, 6.45) is 5.15. The number of carbonyl (C=O) groups excluding carboxylic acids is 1. The lowest BCUT2D eigenvalue weighted by atomic mass is 9.74. The summed E-state index contributed by atoms with van der Waals surface area (Å²) in [5.74, 6) is 0.146. The number of hydrogen-bond donors (Lipinski definition) is 2. The average Bonchev–Trinajstić information content (AvgIpc) is 2.62. The standard InChI is InChI=1S/C18H25BrN2O2/c19-15-6-4-14(5-7-15)18(8-11-23-12-9-18)13-21-17(22)16-3-1-2-10-20-16/h4-7,16,20H,1-3,8-13H2,(H,21,22). The van der Waals surface area contributed by atoms with Crippen molar-refractivity contribution in [3.8, 4) is 0 Å². The monoisotopic (exact) mass is 380 g/mol. The molecule has 1 atom stereocenters. The highest BCUT2D eigenvalue weighted by molar-refractivity contribution is 9.10. The summed E-state index contributed by atoms with van der Waals surface area (Å²) < 4.78 is 6.64. The van der Waals surface area contributed by atoms with Crippen molar-refractivity contribution in [2.45, 2.75) is 43.6 Å². The molecule has 2 aliphatic rings. The lowest BCUT2D eigenvalue weighted by molar-refractivity contribution is -0.124. The molecule has 2 saturated heterocycles. The maximum absolute atomic E-state index is 12.5. The summed E-state index contributed by atoms with van der Waals surface area (Å²) in [5, 5.41) is 6.53. The molecule has 1 aromatic rings. The quantitative estimate of drug-likeness (QED) is 0.844. The van der Waals surface area contributed by atoms with Crippen molar-refractivity contribution in [3.63, 3.8) is 0 Å². The van der Waals surface area contributed by atoms with Crippen LogP contribution in [0.1, 0.15) is 37.7 Å². The number of hydrogen-bond acceptors (Lipinski definition) is 3. The first kappa shape index (κ1) is 16.9. The van der Waals surface area contributed by atoms with Crippen molar-refractivity contribution in [1.29, 1.82) is 0 Å². The van der Waals surface area contributed by atoms with E-state index >= 15 is 0 Å². The summed E-state index contributed by atoms with van der Waals surface area (Å²) in [6.45, 7) is 3.15. The van der Waals surface area contributed by atoms with E-state index in [4.69, 9.17) is 4.74 Å². The van der Waals surface area contributed by atoms with Crippen molar-refractivity contribution < 1.29 is 9.53 Å². The average molecular weight is 381 g/mol. The van der Waals surface area contributed by atoms with E-state index in [1.54, 1.807) is 0 Å². The molecular formula is C18H25BrN2O2. The third-order valence-electron chi connectivity index (χ3n) is 5.13. The first-order chi connectivity index (χ1) is 11.2. The lowest BCUT2D eigenvalue weighted by Crippen LogP contribution is -2.51. The van der Waals surface area contributed by atoms with Gasteiger partial charge in [0, 0.05) is 29.6 Å². The van der Waals surface area contributed by atoms with Crippen LogP contribution in [0.4, 0.5) is 0 Å². The number of carbonyl (C=O) groups is 1. The molecule has 2 N–H and O–H groups in total. The molecule has 126 valence electrons. The third kappa shape index (κ3) is 4.14. The minimum atomic E-state index is -0.0226. The lowest BCUT2D eigenvalue weighted by Gasteiger charge is -2.38. The summed E-state index contributed by atoms with van der Waals surface area (Å²) in [5.41, 5.74) is 1.28. The second kappa shape index (κ2) is 7.77. The van der Waals surface area contributed by atoms with Gasteiger partial charge < -0.3 is 15.4 Å². The van der Waals surface area contributed by atoms with Gasteiger partial charge in [0.25, 0.3) is 0 Å². The molecule has 0 bridgehead atoms. The van der Waals surface area contributed by atoms with Crippen LogP contribution >= 0.6 is 15.9 Å². The Hall–Kier alpha value is -0.910. The fourth-order valence-corrected chi connectivity index (χ4v) is 3.85. The van der Waals surface area contributed by atoms with Gasteiger partial charge in [-0.2, -0.15) is 0 Å². The molecule has 1 unspecified atom stereocenters. The van der Waals surface area contributed by atoms with E-state index in [0.717, 1.165) is 49.9 Å². The van der Waals surface area contributed by atoms with Gasteiger partial charge in [-0.05, 0) is 49.9 Å². The zero-order chi connectivity index (χ0) is 16.1. The van der Waals surface area contributed by atoms with Crippen LogP contribution in [0.3, 0.4) is 0 Å². The predicted molar refractivity (Wildman–Crippen MR) is 94.5 cm³/mol. The van der Waals surface area contributed by atoms with E-state index in [2.05, 4.69) is 50.8 Å². The van der Waals surface area contributed by atoms with Gasteiger partial charge in [0.05, 0.1) is 6.04 Å². The van der Waals surface area contributed by atoms with Crippen LogP contribution in [0, 0.1) is 0 Å². The number of rotatable bonds is 4. The topological polar surface area (TPSA) is 50.4 Å². The van der Waals surface area contributed by atoms with Gasteiger partial charge in [0.15, 0.2) is 0 Å². The number of amides is 1. The van der Waals surface area contributed by atoms with Gasteiger partial charge in [0.1, 0.15) is 0 Å². The molecule has 3 rings (SSSR count). The van der Waals surface area contributed by atoms with Gasteiger partial charge >= 0.3 is 0 Å². The molecule has 1 amide bonds. The molecular weight excluding hydrogens is 356 g/mol. The van der Waals surface area contributed by atoms with Gasteiger partial charge in [-0.15, -0.1) is 0 Å². The van der Waals surface area contributed by atoms with Crippen LogP contribution in [0.25, 0.3) is 0 Å². The molecule has 4 nitrogen and oxygen atoms in total. The van der Waals surface area contributed by atoms with E-state index < -0.39 is 0 Å². The Labute approximate surface area is 146 Å². The van der Waals surface area contributed by atoms with Crippen molar-refractivity contribution in [1.82, 2.24) is 10.6 Å². The fraction of sp³-hybridized carbons (Fsp3) is 0.611. The van der Waals surface area contributed by atoms with E-state index in [1.807, 2.05) is 0 Å². The Morgan fingerprint density at radius 1 is 1.26 bits per heavy atom. The van der Waals surface area contributed by atoms with Gasteiger partial charge in [-0.25, -0.2) is 0 Å². The highest BCUT2D eigenvalue weighted by atomic mass is 79.9. The Balaban J connectivity index is 1.69. The van der Waals surface area contributed by atoms with Crippen LogP contribution in [0.15, 0.2) is 28.7 Å². The summed E-state index contributed by atoms with van der Waals surface area (Å²) >= 11 is 3.50. The molecule has 23 heavy (non-hydrogen) atoms. The van der Waals surface area contributed by atoms with Crippen LogP contribution in [-0.2, 0) is 14.9 Å². The van der Waals surface area contributed by atoms with Crippen molar-refractivity contribution >= 4 is 21.8 Å². The Morgan fingerprint density at radius 3 is 2.65 bits per heavy atom. The van der Waals surface area contributed by atoms with Crippen LogP contribution < -0.4 is 10.6 Å². The largest absolute Gasteiger partial charge is 0.381 e. The second-order valence-corrected chi connectivity index (χ2v) is 7.54. The number of piperidine rings is 1. The van der Waals surface area contributed by atoms with Gasteiger partial charge in [-0.3, -0.25) is 4.79 Å². The molecule has 0 radical (unpaired) electrons. The number of halogens is 1. The van der Waals surface area contributed by atoms with Crippen molar-refractivity contribution in [2.24, 2.45) is 0 Å². The van der Waals surface area contributed by atoms with Gasteiger partial charge in [-0.1, -0.05) is 34.5 Å². The third-order valence-corrected chi connectivity index (χ3v) is 5.66. The van der Waals surface area contributed by atoms with E-state index in [1.165, 1.54) is 12.0 Å². The first-order valence-corrected chi connectivity index (χ1v) is 9.34. The zero-order valence-electron chi connectivity index (χ0n) is 13.4. The molecule has 2 heterocycles. The van der Waals surface area contributed by atoms with E-state index in [9.17, 15) is 4.79 Å². The van der Waals surface area contributed by atoms with Gasteiger partial charge in [0.2, 0.25) is 5.91 Å². The van der Waals surface area contributed by atoms with Crippen LogP contribution in [0.2, 0.25) is 0 Å². The predicted octanol–water partition coefficient (Wildman–Crippen LogP) is 2.76. The minimum absolute atomic E-state index is 0.0106. The molecule has 1 aromatic carbocycles. The number of benzene rings is 1. The van der Waals surface area contributed by atoms with Crippen molar-refractivity contribution in [3.05, 3.63) is 34.3 Å². The summed E-state index contributed by atoms with van der Waals surface area (Å²) in [7, 11) is 0. The summed E-state index contributed by atoms with van der Waals surface area (Å²) in [6, 6.07) is 8.47. The van der Waals surface area contributed by atoms with Crippen LogP contribution in [-0.4, -0.2) is 38.3 Å². The molecule has 0 spiro atoms. The molecule has 0 saturated carbocycles. The zero-order valence-corrected chi connectivity index (χ0v) is 15.0. The summed E-state index contributed by atoms with van der Waals surface area (Å²) in [4.78, 5) is 12.5. The second-order valence-electron chi connectivity index (χ2n) is 6.62. The Kier molecular flexibility index (Phi) is 5.72. The maximum Gasteiger partial charge on any atom is 0.237 e. The fourth-order valence-electron chi connectivity index (χ4n) is 3.59. The highest BCUT2D eigenvalue weighted by Crippen LogP contribution is 2.35. The highest BCUT2D eigenvalue weighted by Gasteiger charge is 2.35.